The van der Waals surface area contributed by atoms with Crippen molar-refractivity contribution in [2.45, 2.75) is 4.34 Å². The largest absolute Gasteiger partial charge is 1.00 e. The first-order valence-electron chi connectivity index (χ1n) is 6.72. The van der Waals surface area contributed by atoms with E-state index >= 15 is 0 Å². The normalized spacial score (nSPS) is 10.2. The number of nitrogens with one attached hydrogen (secondary N) is 1. The van der Waals surface area contributed by atoms with Gasteiger partial charge in [-0.3, -0.25) is 4.79 Å². The molecule has 0 saturated carbocycles. The Labute approximate surface area is 168 Å². The van der Waals surface area contributed by atoms with Crippen LogP contribution in [0.4, 0.5) is 5.69 Å². The summed E-state index contributed by atoms with van der Waals surface area (Å²) in [5.41, 5.74) is 1.11. The number of para-hydroxylation sites is 2. The Morgan fingerprint density at radius 2 is 1.83 bits per heavy atom. The van der Waals surface area contributed by atoms with Crippen LogP contribution in [0.2, 0.25) is 0 Å². The number of carboxylic acids is 1. The van der Waals surface area contributed by atoms with Gasteiger partial charge in [0.25, 0.3) is 0 Å². The number of hydrogen-bond donors (Lipinski definition) is 1. The van der Waals surface area contributed by atoms with E-state index in [9.17, 15) is 14.7 Å². The minimum absolute atomic E-state index is 0. The fourth-order valence-electron chi connectivity index (χ4n) is 2.00. The molecule has 0 radical (unpaired) electrons. The molecule has 3 rings (SSSR count). The van der Waals surface area contributed by atoms with Gasteiger partial charge in [0.15, 0.2) is 4.34 Å². The number of carbonyl (C=O) groups is 2. The molecular weight excluding hydrogens is 355 g/mol. The van der Waals surface area contributed by atoms with Gasteiger partial charge in [-0.05, 0) is 18.2 Å². The Morgan fingerprint density at radius 3 is 2.58 bits per heavy atom. The van der Waals surface area contributed by atoms with Crippen molar-refractivity contribution in [3.8, 4) is 0 Å². The second kappa shape index (κ2) is 8.64. The molecular formula is C16H11N2NaO3S2. The monoisotopic (exact) mass is 366 g/mol. The average Bonchev–Trinajstić information content (AvgIpc) is 2.96. The molecule has 24 heavy (non-hydrogen) atoms. The quantitative estimate of drug-likeness (QED) is 0.481. The first-order valence-corrected chi connectivity index (χ1v) is 8.52. The maximum atomic E-state index is 12.0. The number of benzene rings is 2. The zero-order chi connectivity index (χ0) is 16.2. The molecule has 0 unspecified atom stereocenters. The van der Waals surface area contributed by atoms with Crippen molar-refractivity contribution < 1.29 is 44.3 Å². The van der Waals surface area contributed by atoms with E-state index in [1.54, 1.807) is 12.1 Å². The van der Waals surface area contributed by atoms with Gasteiger partial charge in [0.1, 0.15) is 0 Å². The van der Waals surface area contributed by atoms with E-state index in [0.29, 0.717) is 0 Å². The summed E-state index contributed by atoms with van der Waals surface area (Å²) < 4.78 is 1.87. The van der Waals surface area contributed by atoms with E-state index < -0.39 is 5.97 Å². The molecule has 0 aliphatic carbocycles. The molecule has 1 aromatic heterocycles. The van der Waals surface area contributed by atoms with E-state index in [4.69, 9.17) is 0 Å². The number of amides is 1. The molecule has 0 bridgehead atoms. The molecule has 0 fully saturated rings. The number of thioether (sulfide) groups is 1. The van der Waals surface area contributed by atoms with Gasteiger partial charge < -0.3 is 15.2 Å². The van der Waals surface area contributed by atoms with Crippen LogP contribution >= 0.6 is 23.1 Å². The molecule has 0 saturated heterocycles. The SMILES string of the molecule is O=C(CSc1nc2ccccc2s1)Nc1ccccc1C(=O)[O-].[Na+]. The molecule has 1 N–H and O–H groups in total. The Balaban J connectivity index is 0.00000208. The first kappa shape index (κ1) is 19.0. The van der Waals surface area contributed by atoms with Crippen LogP contribution < -0.4 is 40.0 Å². The fourth-order valence-corrected chi connectivity index (χ4v) is 3.86. The number of anilines is 1. The number of carboxylic acid groups (broad SMARTS) is 1. The molecule has 1 amide bonds. The molecule has 2 aromatic carbocycles. The third kappa shape index (κ3) is 4.58. The Bertz CT molecular complexity index is 849. The van der Waals surface area contributed by atoms with Crippen molar-refractivity contribution in [2.24, 2.45) is 0 Å². The molecule has 3 aromatic rings. The molecule has 8 heteroatoms. The van der Waals surface area contributed by atoms with Crippen molar-refractivity contribution in [3.63, 3.8) is 0 Å². The van der Waals surface area contributed by atoms with E-state index in [1.165, 1.54) is 35.2 Å². The van der Waals surface area contributed by atoms with Gasteiger partial charge in [-0.25, -0.2) is 4.98 Å². The predicted molar refractivity (Wildman–Crippen MR) is 89.7 cm³/mol. The summed E-state index contributed by atoms with van der Waals surface area (Å²) in [5, 5.41) is 13.6. The van der Waals surface area contributed by atoms with Crippen molar-refractivity contribution in [3.05, 3.63) is 54.1 Å². The molecule has 0 aliphatic heterocycles. The minimum atomic E-state index is -1.32. The maximum Gasteiger partial charge on any atom is 1.00 e. The van der Waals surface area contributed by atoms with Gasteiger partial charge in [-0.1, -0.05) is 42.1 Å². The molecule has 1 heterocycles. The summed E-state index contributed by atoms with van der Waals surface area (Å²) in [6.07, 6.45) is 0. The summed E-state index contributed by atoms with van der Waals surface area (Å²) in [4.78, 5) is 27.4. The van der Waals surface area contributed by atoms with Crippen LogP contribution in [0.3, 0.4) is 0 Å². The smallest absolute Gasteiger partial charge is 0.545 e. The zero-order valence-electron chi connectivity index (χ0n) is 12.8. The summed E-state index contributed by atoms with van der Waals surface area (Å²) in [5.74, 6) is -1.45. The first-order chi connectivity index (χ1) is 11.1. The fraction of sp³-hybridized carbons (Fsp3) is 0.0625. The third-order valence-electron chi connectivity index (χ3n) is 3.02. The number of rotatable bonds is 5. The average molecular weight is 366 g/mol. The Hall–Kier alpha value is -1.38. The van der Waals surface area contributed by atoms with Gasteiger partial charge in [-0.15, -0.1) is 11.3 Å². The van der Waals surface area contributed by atoms with E-state index in [0.717, 1.165) is 14.6 Å². The van der Waals surface area contributed by atoms with Gasteiger partial charge >= 0.3 is 29.6 Å². The van der Waals surface area contributed by atoms with Crippen LogP contribution in [0.1, 0.15) is 10.4 Å². The summed E-state index contributed by atoms with van der Waals surface area (Å²) >= 11 is 2.84. The number of carbonyl (C=O) groups excluding carboxylic acids is 2. The third-order valence-corrected chi connectivity index (χ3v) is 5.20. The van der Waals surface area contributed by atoms with Gasteiger partial charge in [0.05, 0.1) is 21.9 Å². The number of hydrogen-bond acceptors (Lipinski definition) is 6. The van der Waals surface area contributed by atoms with E-state index in [2.05, 4.69) is 10.3 Å². The van der Waals surface area contributed by atoms with Crippen molar-refractivity contribution in [1.82, 2.24) is 4.98 Å². The van der Waals surface area contributed by atoms with Crippen LogP contribution in [0.15, 0.2) is 52.9 Å². The zero-order valence-corrected chi connectivity index (χ0v) is 16.4. The molecule has 0 spiro atoms. The number of aromatic nitrogens is 1. The standard InChI is InChI=1S/C16H12N2O3S2.Na/c19-14(17-11-6-2-1-5-10(11)15(20)21)9-22-16-18-12-7-3-4-8-13(12)23-16;/h1-8H,9H2,(H,17,19)(H,20,21);/q;+1/p-1. The van der Waals surface area contributed by atoms with E-state index in [-0.39, 0.29) is 52.5 Å². The maximum absolute atomic E-state index is 12.0. The van der Waals surface area contributed by atoms with Crippen molar-refractivity contribution in [2.75, 3.05) is 11.1 Å². The van der Waals surface area contributed by atoms with Gasteiger partial charge in [0, 0.05) is 11.3 Å². The number of fused-ring (bicyclic) bond motifs is 1. The van der Waals surface area contributed by atoms with Crippen molar-refractivity contribution >= 4 is 50.9 Å². The predicted octanol–water partition coefficient (Wildman–Crippen LogP) is -0.605. The number of nitrogens with zero attached hydrogens (tertiary/aromatic N) is 1. The summed E-state index contributed by atoms with van der Waals surface area (Å²) in [7, 11) is 0. The van der Waals surface area contributed by atoms with Crippen LogP contribution in [-0.4, -0.2) is 22.6 Å². The van der Waals surface area contributed by atoms with Gasteiger partial charge in [-0.2, -0.15) is 0 Å². The summed E-state index contributed by atoms with van der Waals surface area (Å²) in [6, 6.07) is 13.9. The van der Waals surface area contributed by atoms with Gasteiger partial charge in [0.2, 0.25) is 5.91 Å². The molecule has 0 aliphatic rings. The Kier molecular flexibility index (Phi) is 6.82. The number of thiazole rings is 1. The Morgan fingerprint density at radius 1 is 1.12 bits per heavy atom. The topological polar surface area (TPSA) is 82.1 Å². The minimum Gasteiger partial charge on any atom is -0.545 e. The van der Waals surface area contributed by atoms with E-state index in [1.807, 2.05) is 24.3 Å². The van der Waals surface area contributed by atoms with Crippen LogP contribution in [-0.2, 0) is 4.79 Å². The molecule has 0 atom stereocenters. The van der Waals surface area contributed by atoms with Crippen molar-refractivity contribution in [1.29, 1.82) is 0 Å². The molecule has 116 valence electrons. The van der Waals surface area contributed by atoms with Crippen LogP contribution in [0.5, 0.6) is 0 Å². The molecule has 5 nitrogen and oxygen atoms in total. The number of aromatic carboxylic acids is 1. The second-order valence-corrected chi connectivity index (χ2v) is 6.87. The van der Waals surface area contributed by atoms with Crippen LogP contribution in [0.25, 0.3) is 10.2 Å². The summed E-state index contributed by atoms with van der Waals surface area (Å²) in [6.45, 7) is 0. The van der Waals surface area contributed by atoms with Crippen LogP contribution in [0, 0.1) is 0 Å². The second-order valence-electron chi connectivity index (χ2n) is 4.62.